The molecule has 0 heterocycles. The summed E-state index contributed by atoms with van der Waals surface area (Å²) in [6.07, 6.45) is 6.80. The van der Waals surface area contributed by atoms with E-state index < -0.39 is 0 Å². The van der Waals surface area contributed by atoms with Crippen LogP contribution in [-0.4, -0.2) is 5.75 Å². The van der Waals surface area contributed by atoms with Crippen LogP contribution in [0.5, 0.6) is 0 Å². The van der Waals surface area contributed by atoms with Crippen LogP contribution >= 0.6 is 11.9 Å². The van der Waals surface area contributed by atoms with Crippen molar-refractivity contribution < 1.29 is 0 Å². The lowest BCUT2D eigenvalue weighted by molar-refractivity contribution is 0.659. The molecule has 0 aliphatic rings. The molecule has 2 heteroatoms. The van der Waals surface area contributed by atoms with Crippen LogP contribution in [0.4, 0.5) is 5.69 Å². The molecule has 0 aliphatic heterocycles. The van der Waals surface area contributed by atoms with Gasteiger partial charge < -0.3 is 4.72 Å². The number of hydrogen-bond donors (Lipinski definition) is 1. The maximum absolute atomic E-state index is 3.35. The highest BCUT2D eigenvalue weighted by atomic mass is 32.2. The van der Waals surface area contributed by atoms with Crippen LogP contribution in [0.15, 0.2) is 30.3 Å². The maximum Gasteiger partial charge on any atom is 0.0440 e. The van der Waals surface area contributed by atoms with E-state index in [1.165, 1.54) is 43.5 Å². The summed E-state index contributed by atoms with van der Waals surface area (Å²) in [4.78, 5) is 0. The third-order valence-electron chi connectivity index (χ3n) is 2.31. The lowest BCUT2D eigenvalue weighted by Gasteiger charge is -2.04. The normalized spacial score (nSPS) is 10.2. The monoisotopic (exact) mass is 223 g/mol. The molecule has 0 amide bonds. The molecule has 0 saturated heterocycles. The SMILES string of the molecule is CCCCCCCSNc1ccccc1. The number of benzene rings is 1. The van der Waals surface area contributed by atoms with Crippen LogP contribution in [0.2, 0.25) is 0 Å². The fraction of sp³-hybridized carbons (Fsp3) is 0.538. The summed E-state index contributed by atoms with van der Waals surface area (Å²) in [5, 5.41) is 0. The number of rotatable bonds is 8. The van der Waals surface area contributed by atoms with Gasteiger partial charge in [-0.15, -0.1) is 0 Å². The third kappa shape index (κ3) is 6.45. The number of hydrogen-bond acceptors (Lipinski definition) is 2. The van der Waals surface area contributed by atoms with Gasteiger partial charge in [0.25, 0.3) is 0 Å². The molecule has 1 N–H and O–H groups in total. The Morgan fingerprint density at radius 3 is 2.47 bits per heavy atom. The van der Waals surface area contributed by atoms with Crippen LogP contribution in [0.25, 0.3) is 0 Å². The molecule has 15 heavy (non-hydrogen) atoms. The standard InChI is InChI=1S/C13H21NS/c1-2-3-4-5-9-12-15-14-13-10-7-6-8-11-13/h6-8,10-11,14H,2-5,9,12H2,1H3. The van der Waals surface area contributed by atoms with Crippen LogP contribution < -0.4 is 4.72 Å². The first-order valence-electron chi connectivity index (χ1n) is 5.86. The van der Waals surface area contributed by atoms with Gasteiger partial charge >= 0.3 is 0 Å². The first kappa shape index (κ1) is 12.4. The molecule has 0 bridgehead atoms. The highest BCUT2D eigenvalue weighted by Gasteiger charge is 1.91. The minimum Gasteiger partial charge on any atom is -0.330 e. The average Bonchev–Trinajstić information content (AvgIpc) is 2.29. The van der Waals surface area contributed by atoms with E-state index in [0.29, 0.717) is 0 Å². The van der Waals surface area contributed by atoms with E-state index in [0.717, 1.165) is 0 Å². The molecule has 0 atom stereocenters. The largest absolute Gasteiger partial charge is 0.330 e. The molecule has 0 fully saturated rings. The van der Waals surface area contributed by atoms with Gasteiger partial charge in [0.15, 0.2) is 0 Å². The van der Waals surface area contributed by atoms with Crippen molar-refractivity contribution in [1.82, 2.24) is 0 Å². The maximum atomic E-state index is 3.35. The zero-order valence-corrected chi connectivity index (χ0v) is 10.4. The van der Waals surface area contributed by atoms with Gasteiger partial charge in [0, 0.05) is 11.4 Å². The summed E-state index contributed by atoms with van der Waals surface area (Å²) in [7, 11) is 0. The summed E-state index contributed by atoms with van der Waals surface area (Å²) >= 11 is 1.81. The van der Waals surface area contributed by atoms with Crippen molar-refractivity contribution in [2.24, 2.45) is 0 Å². The number of para-hydroxylation sites is 1. The van der Waals surface area contributed by atoms with E-state index in [9.17, 15) is 0 Å². The van der Waals surface area contributed by atoms with Crippen molar-refractivity contribution >= 4 is 17.6 Å². The third-order valence-corrected chi connectivity index (χ3v) is 3.19. The van der Waals surface area contributed by atoms with E-state index >= 15 is 0 Å². The highest BCUT2D eigenvalue weighted by Crippen LogP contribution is 2.13. The summed E-state index contributed by atoms with van der Waals surface area (Å²) in [5.41, 5.74) is 1.20. The molecule has 0 spiro atoms. The Labute approximate surface area is 97.8 Å². The Balaban J connectivity index is 1.93. The Hall–Kier alpha value is -0.630. The van der Waals surface area contributed by atoms with Crippen LogP contribution in [0, 0.1) is 0 Å². The Morgan fingerprint density at radius 2 is 1.73 bits per heavy atom. The molecule has 1 aromatic rings. The minimum atomic E-state index is 1.20. The van der Waals surface area contributed by atoms with Gasteiger partial charge in [-0.05, 0) is 18.6 Å². The van der Waals surface area contributed by atoms with Gasteiger partial charge in [0.1, 0.15) is 0 Å². The average molecular weight is 223 g/mol. The van der Waals surface area contributed by atoms with E-state index in [2.05, 4.69) is 35.9 Å². The van der Waals surface area contributed by atoms with E-state index in [1.807, 2.05) is 18.0 Å². The second-order valence-electron chi connectivity index (χ2n) is 3.73. The van der Waals surface area contributed by atoms with E-state index in [4.69, 9.17) is 0 Å². The zero-order chi connectivity index (χ0) is 10.8. The number of nitrogens with one attached hydrogen (secondary N) is 1. The van der Waals surface area contributed by atoms with Crippen LogP contribution in [-0.2, 0) is 0 Å². The smallest absolute Gasteiger partial charge is 0.0440 e. The Morgan fingerprint density at radius 1 is 1.00 bits per heavy atom. The van der Waals surface area contributed by atoms with Crippen LogP contribution in [0.3, 0.4) is 0 Å². The van der Waals surface area contributed by atoms with Gasteiger partial charge in [-0.1, -0.05) is 62.8 Å². The van der Waals surface area contributed by atoms with Gasteiger partial charge in [0.2, 0.25) is 0 Å². The van der Waals surface area contributed by atoms with Crippen molar-refractivity contribution in [2.75, 3.05) is 10.5 Å². The molecule has 1 rings (SSSR count). The second kappa shape index (κ2) is 8.66. The summed E-state index contributed by atoms with van der Waals surface area (Å²) < 4.78 is 3.35. The van der Waals surface area contributed by atoms with Gasteiger partial charge in [0.05, 0.1) is 0 Å². The predicted octanol–water partition coefficient (Wildman–Crippen LogP) is 4.72. The van der Waals surface area contributed by atoms with Crippen molar-refractivity contribution in [3.8, 4) is 0 Å². The molecule has 1 nitrogen and oxygen atoms in total. The summed E-state index contributed by atoms with van der Waals surface area (Å²) in [6, 6.07) is 10.4. The minimum absolute atomic E-state index is 1.20. The first-order chi connectivity index (χ1) is 7.43. The number of anilines is 1. The fourth-order valence-corrected chi connectivity index (χ4v) is 2.17. The molecule has 84 valence electrons. The summed E-state index contributed by atoms with van der Waals surface area (Å²) in [5.74, 6) is 1.21. The molecule has 1 aromatic carbocycles. The molecule has 0 saturated carbocycles. The molecular weight excluding hydrogens is 202 g/mol. The van der Waals surface area contributed by atoms with E-state index in [1.54, 1.807) is 0 Å². The van der Waals surface area contributed by atoms with E-state index in [-0.39, 0.29) is 0 Å². The molecule has 0 aliphatic carbocycles. The van der Waals surface area contributed by atoms with Crippen molar-refractivity contribution in [1.29, 1.82) is 0 Å². The van der Waals surface area contributed by atoms with Gasteiger partial charge in [-0.2, -0.15) is 0 Å². The zero-order valence-electron chi connectivity index (χ0n) is 9.54. The first-order valence-corrected chi connectivity index (χ1v) is 6.85. The molecule has 0 radical (unpaired) electrons. The highest BCUT2D eigenvalue weighted by molar-refractivity contribution is 8.00. The molecule has 0 aromatic heterocycles. The van der Waals surface area contributed by atoms with Gasteiger partial charge in [-0.3, -0.25) is 0 Å². The molecular formula is C13H21NS. The quantitative estimate of drug-likeness (QED) is 0.505. The van der Waals surface area contributed by atoms with Gasteiger partial charge in [-0.25, -0.2) is 0 Å². The van der Waals surface area contributed by atoms with Crippen molar-refractivity contribution in [3.63, 3.8) is 0 Å². The van der Waals surface area contributed by atoms with Crippen molar-refractivity contribution in [2.45, 2.75) is 39.0 Å². The Kier molecular flexibility index (Phi) is 7.18. The lowest BCUT2D eigenvalue weighted by Crippen LogP contribution is -1.89. The summed E-state index contributed by atoms with van der Waals surface area (Å²) in [6.45, 7) is 2.26. The Bertz CT molecular complexity index is 236. The number of unbranched alkanes of at least 4 members (excludes halogenated alkanes) is 4. The second-order valence-corrected chi connectivity index (χ2v) is 4.63. The molecule has 0 unspecified atom stereocenters. The predicted molar refractivity (Wildman–Crippen MR) is 71.3 cm³/mol. The van der Waals surface area contributed by atoms with Crippen molar-refractivity contribution in [3.05, 3.63) is 30.3 Å². The lowest BCUT2D eigenvalue weighted by atomic mass is 10.2. The van der Waals surface area contributed by atoms with Crippen LogP contribution in [0.1, 0.15) is 39.0 Å². The fourth-order valence-electron chi connectivity index (χ4n) is 1.42. The topological polar surface area (TPSA) is 12.0 Å².